The molecular weight excluding hydrogens is 696 g/mol. The van der Waals surface area contributed by atoms with Gasteiger partial charge in [-0.2, -0.15) is 0 Å². The van der Waals surface area contributed by atoms with Crippen molar-refractivity contribution >= 4 is 33.2 Å². The van der Waals surface area contributed by atoms with E-state index in [9.17, 15) is 13.2 Å². The van der Waals surface area contributed by atoms with Crippen molar-refractivity contribution in [2.75, 3.05) is 71.0 Å². The zero-order valence-corrected chi connectivity index (χ0v) is 33.0. The van der Waals surface area contributed by atoms with E-state index in [4.69, 9.17) is 21.1 Å². The molecule has 52 heavy (non-hydrogen) atoms. The van der Waals surface area contributed by atoms with E-state index in [1.54, 1.807) is 13.0 Å². The Labute approximate surface area is 316 Å². The number of piperazine rings is 1. The third kappa shape index (κ3) is 7.39. The van der Waals surface area contributed by atoms with Crippen LogP contribution in [-0.2, 0) is 26.6 Å². The van der Waals surface area contributed by atoms with E-state index in [0.717, 1.165) is 107 Å². The number of methoxy groups -OCH3 is 1. The molecule has 1 amide bonds. The Morgan fingerprint density at radius 1 is 1.06 bits per heavy atom. The normalized spacial score (nSPS) is 33.2. The third-order valence-electron chi connectivity index (χ3n) is 13.1. The fourth-order valence-corrected chi connectivity index (χ4v) is 11.1. The van der Waals surface area contributed by atoms with E-state index >= 15 is 0 Å². The molecule has 5 aliphatic rings. The first-order chi connectivity index (χ1) is 25.0. The molecule has 0 radical (unpaired) electrons. The number of allylic oxidation sites excluding steroid dienone is 1. The molecule has 6 atom stereocenters. The molecular formula is C41H57ClN4O5S. The van der Waals surface area contributed by atoms with Gasteiger partial charge in [0.05, 0.1) is 17.5 Å². The number of carbonyl (C=O) groups is 1. The van der Waals surface area contributed by atoms with Crippen LogP contribution in [-0.4, -0.2) is 101 Å². The monoisotopic (exact) mass is 752 g/mol. The van der Waals surface area contributed by atoms with Gasteiger partial charge in [-0.1, -0.05) is 43.7 Å². The smallest absolute Gasteiger partial charge is 0.264 e. The van der Waals surface area contributed by atoms with Crippen molar-refractivity contribution < 1.29 is 22.7 Å². The Bertz CT molecular complexity index is 1760. The number of hydrogen-bond acceptors (Lipinski definition) is 8. The Balaban J connectivity index is 1.28. The van der Waals surface area contributed by atoms with Gasteiger partial charge in [-0.15, -0.1) is 0 Å². The van der Waals surface area contributed by atoms with E-state index in [0.29, 0.717) is 24.5 Å². The van der Waals surface area contributed by atoms with E-state index in [1.165, 1.54) is 11.1 Å². The summed E-state index contributed by atoms with van der Waals surface area (Å²) in [7, 11) is -2.09. The van der Waals surface area contributed by atoms with Gasteiger partial charge >= 0.3 is 0 Å². The van der Waals surface area contributed by atoms with Crippen LogP contribution in [0.2, 0.25) is 5.02 Å². The molecule has 1 saturated carbocycles. The maximum atomic E-state index is 13.6. The highest BCUT2D eigenvalue weighted by Gasteiger charge is 2.50. The minimum absolute atomic E-state index is 0.209. The minimum atomic E-state index is -3.95. The Morgan fingerprint density at radius 3 is 2.58 bits per heavy atom. The third-order valence-corrected chi connectivity index (χ3v) is 15.2. The number of nitrogens with zero attached hydrogens (tertiary/aromatic N) is 3. The SMILES string of the molecule is CCCN1CCN(C[C@@]2(OC)/C=C/C[C@H](C)[C@@H](C)S(=O)(=O)NC(=O)c3ccc4c(c3)N(C[C@@H]3CC[C@H]32)C[C@@]2(CCCc3cc(Cl)ccc32)CO4)CC1. The maximum Gasteiger partial charge on any atom is 0.264 e. The fraction of sp³-hybridized carbons (Fsp3) is 0.634. The van der Waals surface area contributed by atoms with Crippen LogP contribution in [0, 0.1) is 17.8 Å². The number of fused-ring (bicyclic) bond motifs is 4. The van der Waals surface area contributed by atoms with Crippen LogP contribution in [0.1, 0.15) is 80.8 Å². The number of nitrogens with one attached hydrogen (secondary N) is 1. The second kappa shape index (κ2) is 15.2. The predicted octanol–water partition coefficient (Wildman–Crippen LogP) is 6.30. The molecule has 2 aromatic carbocycles. The fourth-order valence-electron chi connectivity index (χ4n) is 9.64. The Morgan fingerprint density at radius 2 is 1.85 bits per heavy atom. The Hall–Kier alpha value is -2.63. The lowest BCUT2D eigenvalue weighted by Gasteiger charge is -2.52. The van der Waals surface area contributed by atoms with Gasteiger partial charge in [-0.05, 0) is 118 Å². The number of benzene rings is 2. The van der Waals surface area contributed by atoms with Crippen LogP contribution in [0.15, 0.2) is 48.6 Å². The molecule has 3 heterocycles. The van der Waals surface area contributed by atoms with Crippen molar-refractivity contribution in [3.63, 3.8) is 0 Å². The standard InChI is InChI=1S/C41H57ClN4O5S/c1-5-18-44-19-21-45(22-20-44)27-41(50-4)17-6-8-29(2)30(3)52(48,49)43-39(47)32-11-15-38-37(24-32)46(25-33-10-13-36(33)41)26-40(28-51-38)16-7-9-31-23-34(42)12-14-35(31)40/h6,11-12,14-15,17,23-24,29-30,33,36H,5,7-10,13,16,18-22,25-28H2,1-4H3,(H,43,47)/b17-6+/t29-,30+,33-,36+,40-,41-/m0/s1. The van der Waals surface area contributed by atoms with Crippen molar-refractivity contribution in [2.45, 2.75) is 82.0 Å². The molecule has 0 unspecified atom stereocenters. The topological polar surface area (TPSA) is 91.4 Å². The molecule has 1 N–H and O–H groups in total. The molecule has 1 spiro atoms. The first kappa shape index (κ1) is 37.7. The molecule has 9 nitrogen and oxygen atoms in total. The zero-order valence-electron chi connectivity index (χ0n) is 31.4. The molecule has 2 aliphatic carbocycles. The van der Waals surface area contributed by atoms with Crippen LogP contribution < -0.4 is 14.4 Å². The molecule has 2 aromatic rings. The molecule has 284 valence electrons. The van der Waals surface area contributed by atoms with Gasteiger partial charge in [0.2, 0.25) is 10.0 Å². The summed E-state index contributed by atoms with van der Waals surface area (Å²) in [6, 6.07) is 11.7. The van der Waals surface area contributed by atoms with Crippen LogP contribution in [0.5, 0.6) is 5.75 Å². The summed E-state index contributed by atoms with van der Waals surface area (Å²) in [5.74, 6) is 0.530. The quantitative estimate of drug-likeness (QED) is 0.357. The zero-order chi connectivity index (χ0) is 36.7. The van der Waals surface area contributed by atoms with Crippen molar-refractivity contribution in [1.29, 1.82) is 0 Å². The summed E-state index contributed by atoms with van der Waals surface area (Å²) in [6.45, 7) is 14.0. The summed E-state index contributed by atoms with van der Waals surface area (Å²) >= 11 is 6.50. The van der Waals surface area contributed by atoms with E-state index in [2.05, 4.69) is 50.6 Å². The largest absolute Gasteiger partial charge is 0.490 e. The number of halogens is 1. The second-order valence-electron chi connectivity index (χ2n) is 16.3. The van der Waals surface area contributed by atoms with Gasteiger partial charge in [-0.3, -0.25) is 9.69 Å². The average molecular weight is 753 g/mol. The summed E-state index contributed by atoms with van der Waals surface area (Å²) in [5.41, 5.74) is 2.95. The number of anilines is 1. The van der Waals surface area contributed by atoms with Crippen molar-refractivity contribution in [3.05, 3.63) is 70.3 Å². The van der Waals surface area contributed by atoms with Crippen LogP contribution in [0.25, 0.3) is 0 Å². The lowest BCUT2D eigenvalue weighted by molar-refractivity contribution is -0.0954. The average Bonchev–Trinajstić information content (AvgIpc) is 3.26. The summed E-state index contributed by atoms with van der Waals surface area (Å²) in [4.78, 5) is 21.2. The van der Waals surface area contributed by atoms with Gasteiger partial charge in [0, 0.05) is 68.9 Å². The first-order valence-electron chi connectivity index (χ1n) is 19.5. The first-order valence-corrected chi connectivity index (χ1v) is 21.4. The summed E-state index contributed by atoms with van der Waals surface area (Å²) < 4.78 is 43.0. The van der Waals surface area contributed by atoms with E-state index in [1.807, 2.05) is 32.2 Å². The lowest BCUT2D eigenvalue weighted by atomic mass is 9.63. The van der Waals surface area contributed by atoms with Crippen molar-refractivity contribution in [2.24, 2.45) is 17.8 Å². The molecule has 3 aliphatic heterocycles. The van der Waals surface area contributed by atoms with Gasteiger partial charge in [-0.25, -0.2) is 13.1 Å². The number of carbonyl (C=O) groups excluding carboxylic acids is 1. The number of amides is 1. The molecule has 2 bridgehead atoms. The molecule has 1 saturated heterocycles. The molecule has 11 heteroatoms. The Kier molecular flexibility index (Phi) is 11.0. The van der Waals surface area contributed by atoms with Crippen molar-refractivity contribution in [3.8, 4) is 5.75 Å². The van der Waals surface area contributed by atoms with Crippen LogP contribution in [0.3, 0.4) is 0 Å². The van der Waals surface area contributed by atoms with Crippen LogP contribution >= 0.6 is 11.6 Å². The summed E-state index contributed by atoms with van der Waals surface area (Å²) in [6.07, 6.45) is 11.3. The van der Waals surface area contributed by atoms with E-state index in [-0.39, 0.29) is 17.3 Å². The predicted molar refractivity (Wildman–Crippen MR) is 208 cm³/mol. The highest BCUT2D eigenvalue weighted by atomic mass is 35.5. The number of hydrogen-bond donors (Lipinski definition) is 1. The lowest BCUT2D eigenvalue weighted by Crippen LogP contribution is -2.59. The van der Waals surface area contributed by atoms with Crippen molar-refractivity contribution in [1.82, 2.24) is 14.5 Å². The van der Waals surface area contributed by atoms with Gasteiger partial charge in [0.15, 0.2) is 0 Å². The molecule has 0 aromatic heterocycles. The maximum absolute atomic E-state index is 13.6. The van der Waals surface area contributed by atoms with E-state index < -0.39 is 26.8 Å². The minimum Gasteiger partial charge on any atom is -0.490 e. The van der Waals surface area contributed by atoms with Gasteiger partial charge in [0.1, 0.15) is 11.4 Å². The molecule has 7 rings (SSSR count). The highest BCUT2D eigenvalue weighted by molar-refractivity contribution is 7.90. The molecule has 2 fully saturated rings. The van der Waals surface area contributed by atoms with Gasteiger partial charge in [0.25, 0.3) is 5.91 Å². The highest BCUT2D eigenvalue weighted by Crippen LogP contribution is 2.49. The number of ether oxygens (including phenoxy) is 2. The second-order valence-corrected chi connectivity index (χ2v) is 18.8. The van der Waals surface area contributed by atoms with Crippen LogP contribution in [0.4, 0.5) is 5.69 Å². The summed E-state index contributed by atoms with van der Waals surface area (Å²) in [5, 5.41) is -0.0181. The number of aryl methyl sites for hydroxylation is 1. The number of sulfonamides is 1. The van der Waals surface area contributed by atoms with Gasteiger partial charge < -0.3 is 19.3 Å². The number of rotatable bonds is 5.